The van der Waals surface area contributed by atoms with Crippen molar-refractivity contribution in [3.8, 4) is 0 Å². The molecule has 0 bridgehead atoms. The highest BCUT2D eigenvalue weighted by Crippen LogP contribution is 2.12. The summed E-state index contributed by atoms with van der Waals surface area (Å²) in [6, 6.07) is 11.0. The molecule has 0 aliphatic heterocycles. The first-order valence-corrected chi connectivity index (χ1v) is 7.70. The fourth-order valence-electron chi connectivity index (χ4n) is 2.17. The van der Waals surface area contributed by atoms with Gasteiger partial charge >= 0.3 is 0 Å². The zero-order valence-corrected chi connectivity index (χ0v) is 12.5. The first kappa shape index (κ1) is 14.3. The summed E-state index contributed by atoms with van der Waals surface area (Å²) in [5.74, 6) is 0. The van der Waals surface area contributed by atoms with Crippen LogP contribution in [0.15, 0.2) is 41.1 Å². The molecule has 0 aliphatic carbocycles. The van der Waals surface area contributed by atoms with Crippen molar-refractivity contribution in [1.29, 1.82) is 0 Å². The molecule has 0 atom stereocenters. The molecule has 3 heteroatoms. The van der Waals surface area contributed by atoms with Gasteiger partial charge in [0.1, 0.15) is 0 Å². The van der Waals surface area contributed by atoms with E-state index in [-0.39, 0.29) is 0 Å². The zero-order valence-electron chi connectivity index (χ0n) is 11.7. The molecule has 19 heavy (non-hydrogen) atoms. The molecule has 2 aromatic rings. The topological polar surface area (TPSA) is 15.3 Å². The van der Waals surface area contributed by atoms with Crippen molar-refractivity contribution in [2.75, 3.05) is 13.6 Å². The van der Waals surface area contributed by atoms with Crippen molar-refractivity contribution < 1.29 is 0 Å². The highest BCUT2D eigenvalue weighted by atomic mass is 32.1. The molecule has 0 saturated carbocycles. The minimum atomic E-state index is 0.957. The van der Waals surface area contributed by atoms with Crippen LogP contribution < -0.4 is 5.32 Å². The van der Waals surface area contributed by atoms with E-state index in [4.69, 9.17) is 0 Å². The number of rotatable bonds is 7. The van der Waals surface area contributed by atoms with Crippen molar-refractivity contribution >= 4 is 11.3 Å². The van der Waals surface area contributed by atoms with E-state index in [1.54, 1.807) is 11.3 Å². The first-order valence-electron chi connectivity index (χ1n) is 6.76. The molecule has 0 saturated heterocycles. The van der Waals surface area contributed by atoms with Crippen LogP contribution in [0.3, 0.4) is 0 Å². The second kappa shape index (κ2) is 7.43. The summed E-state index contributed by atoms with van der Waals surface area (Å²) < 4.78 is 0. The molecular weight excluding hydrogens is 252 g/mol. The van der Waals surface area contributed by atoms with Crippen molar-refractivity contribution in [3.63, 3.8) is 0 Å². The Hall–Kier alpha value is -1.16. The van der Waals surface area contributed by atoms with Gasteiger partial charge in [0, 0.05) is 19.6 Å². The Labute approximate surface area is 120 Å². The summed E-state index contributed by atoms with van der Waals surface area (Å²) in [5.41, 5.74) is 4.15. The van der Waals surface area contributed by atoms with E-state index in [0.717, 1.165) is 26.2 Å². The number of thiophene rings is 1. The minimum Gasteiger partial charge on any atom is -0.313 e. The molecule has 0 spiro atoms. The van der Waals surface area contributed by atoms with Crippen LogP contribution in [0.2, 0.25) is 0 Å². The van der Waals surface area contributed by atoms with Gasteiger partial charge in [-0.1, -0.05) is 31.2 Å². The van der Waals surface area contributed by atoms with Gasteiger partial charge in [-0.3, -0.25) is 4.90 Å². The molecule has 2 nitrogen and oxygen atoms in total. The van der Waals surface area contributed by atoms with Crippen LogP contribution in [0.1, 0.15) is 23.6 Å². The lowest BCUT2D eigenvalue weighted by atomic mass is 10.1. The fourth-order valence-corrected chi connectivity index (χ4v) is 2.83. The molecule has 1 N–H and O–H groups in total. The number of hydrogen-bond donors (Lipinski definition) is 1. The smallest absolute Gasteiger partial charge is 0.0242 e. The standard InChI is InChI=1S/C16H22N2S/c1-3-17-10-14-5-4-6-15(9-14)11-18(2)12-16-7-8-19-13-16/h4-9,13,17H,3,10-12H2,1-2H3. The molecule has 1 aromatic heterocycles. The van der Waals surface area contributed by atoms with Crippen molar-refractivity contribution in [1.82, 2.24) is 10.2 Å². The predicted octanol–water partition coefficient (Wildman–Crippen LogP) is 3.49. The van der Waals surface area contributed by atoms with Gasteiger partial charge in [-0.05, 0) is 47.1 Å². The molecule has 2 rings (SSSR count). The highest BCUT2D eigenvalue weighted by molar-refractivity contribution is 7.07. The number of benzene rings is 1. The fraction of sp³-hybridized carbons (Fsp3) is 0.375. The Balaban J connectivity index is 1.90. The molecule has 1 heterocycles. The summed E-state index contributed by atoms with van der Waals surface area (Å²) in [4.78, 5) is 2.36. The lowest BCUT2D eigenvalue weighted by molar-refractivity contribution is 0.319. The van der Waals surface area contributed by atoms with Crippen LogP contribution >= 0.6 is 11.3 Å². The van der Waals surface area contributed by atoms with Crippen LogP contribution in [-0.2, 0) is 19.6 Å². The molecule has 1 aromatic carbocycles. The molecular formula is C16H22N2S. The minimum absolute atomic E-state index is 0.957. The van der Waals surface area contributed by atoms with Gasteiger partial charge in [-0.15, -0.1) is 0 Å². The maximum absolute atomic E-state index is 3.37. The van der Waals surface area contributed by atoms with E-state index in [0.29, 0.717) is 0 Å². The third-order valence-electron chi connectivity index (χ3n) is 3.06. The number of nitrogens with one attached hydrogen (secondary N) is 1. The molecule has 0 unspecified atom stereocenters. The van der Waals surface area contributed by atoms with E-state index >= 15 is 0 Å². The second-order valence-electron chi connectivity index (χ2n) is 4.90. The second-order valence-corrected chi connectivity index (χ2v) is 5.68. The number of nitrogens with zero attached hydrogens (tertiary/aromatic N) is 1. The van der Waals surface area contributed by atoms with E-state index in [1.807, 2.05) is 0 Å². The van der Waals surface area contributed by atoms with Crippen LogP contribution in [0, 0.1) is 0 Å². The quantitative estimate of drug-likeness (QED) is 0.831. The van der Waals surface area contributed by atoms with Gasteiger partial charge in [-0.2, -0.15) is 11.3 Å². The van der Waals surface area contributed by atoms with Crippen LogP contribution in [0.25, 0.3) is 0 Å². The Morgan fingerprint density at radius 3 is 2.63 bits per heavy atom. The molecule has 0 radical (unpaired) electrons. The molecule has 0 fully saturated rings. The van der Waals surface area contributed by atoms with Crippen LogP contribution in [0.4, 0.5) is 0 Å². The third-order valence-corrected chi connectivity index (χ3v) is 3.79. The van der Waals surface area contributed by atoms with E-state index < -0.39 is 0 Å². The average Bonchev–Trinajstić information content (AvgIpc) is 2.89. The summed E-state index contributed by atoms with van der Waals surface area (Å²) >= 11 is 1.76. The maximum atomic E-state index is 3.37. The Bertz CT molecular complexity index is 479. The van der Waals surface area contributed by atoms with Gasteiger partial charge in [0.25, 0.3) is 0 Å². The molecule has 102 valence electrons. The Kier molecular flexibility index (Phi) is 5.58. The van der Waals surface area contributed by atoms with Crippen LogP contribution in [0.5, 0.6) is 0 Å². The lowest BCUT2D eigenvalue weighted by Gasteiger charge is -2.16. The van der Waals surface area contributed by atoms with Crippen molar-refractivity contribution in [2.45, 2.75) is 26.6 Å². The zero-order chi connectivity index (χ0) is 13.5. The van der Waals surface area contributed by atoms with Gasteiger partial charge in [0.05, 0.1) is 0 Å². The SMILES string of the molecule is CCNCc1cccc(CN(C)Cc2ccsc2)c1. The van der Waals surface area contributed by atoms with Gasteiger partial charge in [-0.25, -0.2) is 0 Å². The Morgan fingerprint density at radius 1 is 1.11 bits per heavy atom. The van der Waals surface area contributed by atoms with Crippen molar-refractivity contribution in [2.24, 2.45) is 0 Å². The van der Waals surface area contributed by atoms with E-state index in [2.05, 4.69) is 65.3 Å². The Morgan fingerprint density at radius 2 is 1.89 bits per heavy atom. The van der Waals surface area contributed by atoms with Gasteiger partial charge in [0.2, 0.25) is 0 Å². The summed E-state index contributed by atoms with van der Waals surface area (Å²) in [7, 11) is 2.18. The van der Waals surface area contributed by atoms with Crippen LogP contribution in [-0.4, -0.2) is 18.5 Å². The predicted molar refractivity (Wildman–Crippen MR) is 83.3 cm³/mol. The largest absolute Gasteiger partial charge is 0.313 e. The van der Waals surface area contributed by atoms with Crippen molar-refractivity contribution in [3.05, 3.63) is 57.8 Å². The lowest BCUT2D eigenvalue weighted by Crippen LogP contribution is -2.17. The monoisotopic (exact) mass is 274 g/mol. The van der Waals surface area contributed by atoms with E-state index in [9.17, 15) is 0 Å². The summed E-state index contributed by atoms with van der Waals surface area (Å²) in [6.07, 6.45) is 0. The van der Waals surface area contributed by atoms with Gasteiger partial charge in [0.15, 0.2) is 0 Å². The summed E-state index contributed by atoms with van der Waals surface area (Å²) in [6.45, 7) is 6.12. The molecule has 0 aliphatic rings. The normalized spacial score (nSPS) is 11.1. The summed E-state index contributed by atoms with van der Waals surface area (Å²) in [5, 5.41) is 7.73. The first-order chi connectivity index (χ1) is 9.28. The van der Waals surface area contributed by atoms with E-state index in [1.165, 1.54) is 16.7 Å². The molecule has 0 amide bonds. The highest BCUT2D eigenvalue weighted by Gasteiger charge is 2.03. The maximum Gasteiger partial charge on any atom is 0.0242 e. The third kappa shape index (κ3) is 4.78. The van der Waals surface area contributed by atoms with Gasteiger partial charge < -0.3 is 5.32 Å². The average molecular weight is 274 g/mol. The number of hydrogen-bond acceptors (Lipinski definition) is 3.